The fraction of sp³-hybridized carbons (Fsp3) is 0.158. The Hall–Kier alpha value is -2.98. The Balaban J connectivity index is 1.72. The van der Waals surface area contributed by atoms with Gasteiger partial charge < -0.3 is 9.84 Å². The highest BCUT2D eigenvalue weighted by Crippen LogP contribution is 2.27. The number of carbonyl (C=O) groups is 1. The minimum absolute atomic E-state index is 0.0110. The van der Waals surface area contributed by atoms with Crippen molar-refractivity contribution in [3.63, 3.8) is 0 Å². The number of hydrogen-bond donors (Lipinski definition) is 2. The summed E-state index contributed by atoms with van der Waals surface area (Å²) in [4.78, 5) is 14.4. The number of anilines is 1. The normalized spacial score (nSPS) is 11.2. The largest absolute Gasteiger partial charge is 0.491 e. The number of carboxylic acids is 1. The lowest BCUT2D eigenvalue weighted by Crippen LogP contribution is -2.13. The molecular weight excluding hydrogens is 419 g/mol. The van der Waals surface area contributed by atoms with Crippen molar-refractivity contribution in [1.29, 1.82) is 0 Å². The van der Waals surface area contributed by atoms with Gasteiger partial charge in [0.05, 0.1) is 11.5 Å². The zero-order chi connectivity index (χ0) is 20.9. The molecule has 0 atom stereocenters. The maximum absolute atomic E-state index is 14.2. The molecule has 2 N–H and O–H groups in total. The molecule has 29 heavy (non-hydrogen) atoms. The molecule has 0 aliphatic rings. The van der Waals surface area contributed by atoms with E-state index in [1.165, 1.54) is 23.5 Å². The van der Waals surface area contributed by atoms with Crippen LogP contribution < -0.4 is 9.46 Å². The molecule has 2 aromatic carbocycles. The second-order valence-electron chi connectivity index (χ2n) is 5.96. The molecule has 0 radical (unpaired) electrons. The van der Waals surface area contributed by atoms with E-state index in [0.29, 0.717) is 5.69 Å². The molecule has 0 saturated heterocycles. The number of sulfonamides is 1. The van der Waals surface area contributed by atoms with Gasteiger partial charge in [-0.15, -0.1) is 11.3 Å². The van der Waals surface area contributed by atoms with Crippen molar-refractivity contribution in [2.45, 2.75) is 17.7 Å². The van der Waals surface area contributed by atoms with Gasteiger partial charge in [0.25, 0.3) is 10.0 Å². The Morgan fingerprint density at radius 1 is 1.24 bits per heavy atom. The zero-order valence-corrected chi connectivity index (χ0v) is 16.7. The van der Waals surface area contributed by atoms with Crippen LogP contribution in [0.1, 0.15) is 12.8 Å². The summed E-state index contributed by atoms with van der Waals surface area (Å²) >= 11 is 1.43. The van der Waals surface area contributed by atoms with Crippen LogP contribution in [0.4, 0.5) is 10.1 Å². The van der Waals surface area contributed by atoms with Crippen LogP contribution in [0.25, 0.3) is 10.6 Å². The number of hydrogen-bond acceptors (Lipinski definition) is 6. The molecule has 0 saturated carbocycles. The van der Waals surface area contributed by atoms with Crippen LogP contribution in [-0.4, -0.2) is 31.1 Å². The molecule has 3 rings (SSSR count). The number of carboxylic acid groups (broad SMARTS) is 1. The van der Waals surface area contributed by atoms with Crippen LogP contribution in [0.15, 0.2) is 58.9 Å². The molecule has 3 aromatic rings. The number of nitrogens with zero attached hydrogens (tertiary/aromatic N) is 1. The summed E-state index contributed by atoms with van der Waals surface area (Å²) < 4.78 is 47.0. The Morgan fingerprint density at radius 2 is 2.07 bits per heavy atom. The maximum atomic E-state index is 14.2. The van der Waals surface area contributed by atoms with Crippen molar-refractivity contribution < 1.29 is 27.4 Å². The van der Waals surface area contributed by atoms with Crippen LogP contribution in [0.5, 0.6) is 5.75 Å². The van der Waals surface area contributed by atoms with Crippen molar-refractivity contribution in [3.8, 4) is 16.3 Å². The highest BCUT2D eigenvalue weighted by molar-refractivity contribution is 7.92. The number of nitrogens with one attached hydrogen (secondary N) is 1. The first-order chi connectivity index (χ1) is 13.8. The minimum atomic E-state index is -4.01. The summed E-state index contributed by atoms with van der Waals surface area (Å²) in [5, 5.41) is 11.1. The van der Waals surface area contributed by atoms with Crippen molar-refractivity contribution in [3.05, 3.63) is 59.9 Å². The highest BCUT2D eigenvalue weighted by Gasteiger charge is 2.17. The lowest BCUT2D eigenvalue weighted by Gasteiger charge is -2.11. The van der Waals surface area contributed by atoms with E-state index in [1.807, 2.05) is 11.4 Å². The SMILES string of the molecule is O=C(O)CCCOc1ccc(S(=O)(=O)Nc2cccc(-c3nccs3)c2)cc1F. The Morgan fingerprint density at radius 3 is 2.76 bits per heavy atom. The van der Waals surface area contributed by atoms with E-state index >= 15 is 0 Å². The average molecular weight is 436 g/mol. The number of halogens is 1. The second-order valence-corrected chi connectivity index (χ2v) is 8.54. The summed E-state index contributed by atoms with van der Waals surface area (Å²) in [6, 6.07) is 10.0. The molecule has 7 nitrogen and oxygen atoms in total. The highest BCUT2D eigenvalue weighted by atomic mass is 32.2. The molecule has 0 aliphatic carbocycles. The minimum Gasteiger partial charge on any atom is -0.491 e. The number of aliphatic carboxylic acids is 1. The van der Waals surface area contributed by atoms with Gasteiger partial charge in [-0.2, -0.15) is 0 Å². The van der Waals surface area contributed by atoms with Gasteiger partial charge in [0.1, 0.15) is 5.01 Å². The van der Waals surface area contributed by atoms with E-state index in [9.17, 15) is 17.6 Å². The Bertz CT molecular complexity index is 1100. The van der Waals surface area contributed by atoms with Crippen LogP contribution in [-0.2, 0) is 14.8 Å². The van der Waals surface area contributed by atoms with E-state index in [2.05, 4.69) is 9.71 Å². The molecular formula is C19H17FN2O5S2. The number of aromatic nitrogens is 1. The standard InChI is InChI=1S/C19H17FN2O5S2/c20-16-12-15(6-7-17(16)27-9-2-5-18(23)24)29(25,26)22-14-4-1-3-13(11-14)19-21-8-10-28-19/h1,3-4,6-8,10-12,22H,2,5,9H2,(H,23,24). The van der Waals surface area contributed by atoms with E-state index in [4.69, 9.17) is 9.84 Å². The van der Waals surface area contributed by atoms with Gasteiger partial charge in [-0.25, -0.2) is 17.8 Å². The maximum Gasteiger partial charge on any atom is 0.303 e. The monoisotopic (exact) mass is 436 g/mol. The van der Waals surface area contributed by atoms with Gasteiger partial charge in [0.2, 0.25) is 0 Å². The number of benzene rings is 2. The molecule has 0 amide bonds. The third-order valence-electron chi connectivity index (χ3n) is 3.80. The van der Waals surface area contributed by atoms with Crippen molar-refractivity contribution in [2.24, 2.45) is 0 Å². The lowest BCUT2D eigenvalue weighted by atomic mass is 10.2. The van der Waals surface area contributed by atoms with Crippen LogP contribution >= 0.6 is 11.3 Å². The van der Waals surface area contributed by atoms with Crippen molar-refractivity contribution in [2.75, 3.05) is 11.3 Å². The van der Waals surface area contributed by atoms with Gasteiger partial charge >= 0.3 is 5.97 Å². The lowest BCUT2D eigenvalue weighted by molar-refractivity contribution is -0.137. The first kappa shape index (κ1) is 20.7. The molecule has 0 bridgehead atoms. The predicted molar refractivity (Wildman–Crippen MR) is 107 cm³/mol. The Labute approximate surface area is 170 Å². The third kappa shape index (κ3) is 5.52. The second kappa shape index (κ2) is 9.01. The molecule has 0 aliphatic heterocycles. The smallest absolute Gasteiger partial charge is 0.303 e. The summed E-state index contributed by atoms with van der Waals surface area (Å²) in [6.45, 7) is 0.0110. The fourth-order valence-corrected chi connectivity index (χ4v) is 4.16. The van der Waals surface area contributed by atoms with Gasteiger partial charge in [-0.3, -0.25) is 9.52 Å². The first-order valence-electron chi connectivity index (χ1n) is 8.52. The topological polar surface area (TPSA) is 106 Å². The van der Waals surface area contributed by atoms with Crippen molar-refractivity contribution in [1.82, 2.24) is 4.98 Å². The molecule has 0 unspecified atom stereocenters. The quantitative estimate of drug-likeness (QED) is 0.491. The molecule has 0 spiro atoms. The van der Waals surface area contributed by atoms with E-state index < -0.39 is 21.8 Å². The Kier molecular flexibility index (Phi) is 6.45. The van der Waals surface area contributed by atoms with Gasteiger partial charge in [0, 0.05) is 29.2 Å². The van der Waals surface area contributed by atoms with Crippen LogP contribution in [0.3, 0.4) is 0 Å². The summed E-state index contributed by atoms with van der Waals surface area (Å²) in [7, 11) is -4.01. The van der Waals surface area contributed by atoms with E-state index in [-0.39, 0.29) is 30.1 Å². The molecule has 0 fully saturated rings. The average Bonchev–Trinajstić information content (AvgIpc) is 3.20. The molecule has 10 heteroatoms. The van der Waals surface area contributed by atoms with Gasteiger partial charge in [0.15, 0.2) is 11.6 Å². The molecule has 1 heterocycles. The first-order valence-corrected chi connectivity index (χ1v) is 10.9. The fourth-order valence-electron chi connectivity index (χ4n) is 2.47. The molecule has 1 aromatic heterocycles. The summed E-state index contributed by atoms with van der Waals surface area (Å²) in [5.74, 6) is -1.96. The van der Waals surface area contributed by atoms with Crippen molar-refractivity contribution >= 4 is 33.0 Å². The summed E-state index contributed by atoms with van der Waals surface area (Å²) in [5.41, 5.74) is 1.09. The summed E-state index contributed by atoms with van der Waals surface area (Å²) in [6.07, 6.45) is 1.77. The van der Waals surface area contributed by atoms with Crippen LogP contribution in [0, 0.1) is 5.82 Å². The van der Waals surface area contributed by atoms with Gasteiger partial charge in [-0.1, -0.05) is 12.1 Å². The number of rotatable bonds is 9. The predicted octanol–water partition coefficient (Wildman–Crippen LogP) is 3.99. The zero-order valence-electron chi connectivity index (χ0n) is 15.0. The van der Waals surface area contributed by atoms with Crippen LogP contribution in [0.2, 0.25) is 0 Å². The van der Waals surface area contributed by atoms with E-state index in [0.717, 1.165) is 16.6 Å². The molecule has 152 valence electrons. The third-order valence-corrected chi connectivity index (χ3v) is 6.00. The van der Waals surface area contributed by atoms with Gasteiger partial charge in [-0.05, 0) is 36.8 Å². The number of ether oxygens (including phenoxy) is 1. The van der Waals surface area contributed by atoms with E-state index in [1.54, 1.807) is 24.4 Å². The number of thiazole rings is 1.